The highest BCUT2D eigenvalue weighted by Gasteiger charge is 2.30. The van der Waals surface area contributed by atoms with Gasteiger partial charge in [0.2, 0.25) is 0 Å². The molecule has 8 heteroatoms. The molecular formula is C18H22N2O4S2. The monoisotopic (exact) mass is 394 g/mol. The predicted molar refractivity (Wildman–Crippen MR) is 102 cm³/mol. The summed E-state index contributed by atoms with van der Waals surface area (Å²) in [6, 6.07) is 10.8. The molecule has 1 aromatic heterocycles. The third-order valence-corrected chi connectivity index (χ3v) is 7.66. The van der Waals surface area contributed by atoms with Gasteiger partial charge in [-0.25, -0.2) is 13.2 Å². The number of thiophene rings is 1. The average molecular weight is 395 g/mol. The summed E-state index contributed by atoms with van der Waals surface area (Å²) in [6.07, 6.45) is 0. The fourth-order valence-electron chi connectivity index (χ4n) is 2.98. The number of carbonyl (C=O) groups excluding carboxylic acids is 1. The largest absolute Gasteiger partial charge is 0.462 e. The van der Waals surface area contributed by atoms with Crippen LogP contribution in [0.1, 0.15) is 22.2 Å². The van der Waals surface area contributed by atoms with Crippen LogP contribution in [0, 0.1) is 6.92 Å². The number of carbonyl (C=O) groups is 1. The van der Waals surface area contributed by atoms with E-state index in [-0.39, 0.29) is 5.97 Å². The Hall–Kier alpha value is -1.90. The van der Waals surface area contributed by atoms with Crippen LogP contribution in [0.3, 0.4) is 0 Å². The normalized spacial score (nSPS) is 15.8. The van der Waals surface area contributed by atoms with Crippen molar-refractivity contribution in [3.8, 4) is 0 Å². The van der Waals surface area contributed by atoms with Crippen molar-refractivity contribution in [1.82, 2.24) is 4.31 Å². The zero-order valence-corrected chi connectivity index (χ0v) is 16.5. The van der Waals surface area contributed by atoms with Gasteiger partial charge in [0.1, 0.15) is 4.21 Å². The van der Waals surface area contributed by atoms with E-state index in [2.05, 4.69) is 0 Å². The molecule has 0 saturated carbocycles. The molecule has 3 rings (SSSR count). The minimum absolute atomic E-state index is 0.319. The molecule has 0 spiro atoms. The van der Waals surface area contributed by atoms with Crippen LogP contribution >= 0.6 is 11.3 Å². The summed E-state index contributed by atoms with van der Waals surface area (Å²) in [7, 11) is -3.45. The second-order valence-electron chi connectivity index (χ2n) is 5.99. The van der Waals surface area contributed by atoms with Gasteiger partial charge in [-0.3, -0.25) is 0 Å². The number of anilines is 1. The first-order valence-electron chi connectivity index (χ1n) is 8.51. The van der Waals surface area contributed by atoms with Crippen LogP contribution in [0.4, 0.5) is 5.69 Å². The molecule has 140 valence electrons. The number of benzene rings is 1. The van der Waals surface area contributed by atoms with Crippen LogP contribution in [-0.4, -0.2) is 51.5 Å². The minimum atomic E-state index is -3.45. The van der Waals surface area contributed by atoms with Crippen LogP contribution in [-0.2, 0) is 14.8 Å². The number of sulfonamides is 1. The topological polar surface area (TPSA) is 66.9 Å². The van der Waals surface area contributed by atoms with E-state index in [1.807, 2.05) is 30.0 Å². The Morgan fingerprint density at radius 1 is 1.12 bits per heavy atom. The number of para-hydroxylation sites is 1. The standard InChI is InChI=1S/C18H22N2O4S2/c1-3-24-18(21)15-6-4-5-7-16(15)19-10-12-20(13-11-19)26(22,23)17-9-8-14(2)25-17/h4-9H,3,10-13H2,1-2H3. The van der Waals surface area contributed by atoms with Crippen molar-refractivity contribution >= 4 is 33.0 Å². The highest BCUT2D eigenvalue weighted by molar-refractivity contribution is 7.91. The zero-order valence-electron chi connectivity index (χ0n) is 14.8. The van der Waals surface area contributed by atoms with Crippen LogP contribution in [0.5, 0.6) is 0 Å². The summed E-state index contributed by atoms with van der Waals surface area (Å²) in [5.41, 5.74) is 1.30. The molecule has 0 unspecified atom stereocenters. The van der Waals surface area contributed by atoms with Crippen molar-refractivity contribution in [3.63, 3.8) is 0 Å². The molecule has 0 N–H and O–H groups in total. The van der Waals surface area contributed by atoms with Gasteiger partial charge >= 0.3 is 5.97 Å². The molecule has 1 aliphatic rings. The van der Waals surface area contributed by atoms with E-state index in [9.17, 15) is 13.2 Å². The Balaban J connectivity index is 1.74. The van der Waals surface area contributed by atoms with E-state index >= 15 is 0 Å². The Morgan fingerprint density at radius 2 is 1.81 bits per heavy atom. The summed E-state index contributed by atoms with van der Waals surface area (Å²) < 4.78 is 32.5. The van der Waals surface area contributed by atoms with E-state index in [1.54, 1.807) is 25.1 Å². The Kier molecular flexibility index (Phi) is 5.64. The molecule has 1 aromatic carbocycles. The van der Waals surface area contributed by atoms with E-state index in [1.165, 1.54) is 15.6 Å². The number of rotatable bonds is 5. The van der Waals surface area contributed by atoms with E-state index in [0.29, 0.717) is 42.6 Å². The lowest BCUT2D eigenvalue weighted by molar-refractivity contribution is 0.0527. The quantitative estimate of drug-likeness (QED) is 0.730. The molecule has 1 saturated heterocycles. The van der Waals surface area contributed by atoms with Gasteiger partial charge in [-0.1, -0.05) is 12.1 Å². The zero-order chi connectivity index (χ0) is 18.7. The van der Waals surface area contributed by atoms with Crippen LogP contribution in [0.25, 0.3) is 0 Å². The lowest BCUT2D eigenvalue weighted by Gasteiger charge is -2.35. The van der Waals surface area contributed by atoms with Gasteiger partial charge in [0.25, 0.3) is 10.0 Å². The molecule has 2 aromatic rings. The second-order valence-corrected chi connectivity index (χ2v) is 9.45. The Bertz CT molecular complexity index is 884. The number of hydrogen-bond donors (Lipinski definition) is 0. The molecule has 26 heavy (non-hydrogen) atoms. The van der Waals surface area contributed by atoms with Crippen molar-refractivity contribution in [2.75, 3.05) is 37.7 Å². The SMILES string of the molecule is CCOC(=O)c1ccccc1N1CCN(S(=O)(=O)c2ccc(C)s2)CC1. The van der Waals surface area contributed by atoms with Crippen LogP contribution in [0.2, 0.25) is 0 Å². The molecule has 2 heterocycles. The third kappa shape index (κ3) is 3.77. The Morgan fingerprint density at radius 3 is 2.42 bits per heavy atom. The number of piperazine rings is 1. The highest BCUT2D eigenvalue weighted by atomic mass is 32.2. The molecular weight excluding hydrogens is 372 g/mol. The van der Waals surface area contributed by atoms with Gasteiger partial charge < -0.3 is 9.64 Å². The van der Waals surface area contributed by atoms with E-state index in [4.69, 9.17) is 4.74 Å². The van der Waals surface area contributed by atoms with Gasteiger partial charge in [-0.05, 0) is 38.1 Å². The predicted octanol–water partition coefficient (Wildman–Crippen LogP) is 2.74. The lowest BCUT2D eigenvalue weighted by Crippen LogP contribution is -2.48. The number of esters is 1. The van der Waals surface area contributed by atoms with Gasteiger partial charge in [0.15, 0.2) is 0 Å². The van der Waals surface area contributed by atoms with Crippen LogP contribution in [0.15, 0.2) is 40.6 Å². The van der Waals surface area contributed by atoms with E-state index in [0.717, 1.165) is 10.6 Å². The number of ether oxygens (including phenoxy) is 1. The smallest absolute Gasteiger partial charge is 0.340 e. The minimum Gasteiger partial charge on any atom is -0.462 e. The number of nitrogens with zero attached hydrogens (tertiary/aromatic N) is 2. The van der Waals surface area contributed by atoms with Gasteiger partial charge in [0.05, 0.1) is 17.9 Å². The molecule has 0 radical (unpaired) electrons. The maximum absolute atomic E-state index is 12.7. The first-order chi connectivity index (χ1) is 12.4. The van der Waals surface area contributed by atoms with Gasteiger partial charge in [-0.2, -0.15) is 4.31 Å². The Labute approximate surface area is 158 Å². The van der Waals surface area contributed by atoms with Crippen molar-refractivity contribution in [1.29, 1.82) is 0 Å². The summed E-state index contributed by atoms with van der Waals surface area (Å²) in [4.78, 5) is 15.2. The van der Waals surface area contributed by atoms with Crippen molar-refractivity contribution in [2.24, 2.45) is 0 Å². The lowest BCUT2D eigenvalue weighted by atomic mass is 10.1. The van der Waals surface area contributed by atoms with Crippen molar-refractivity contribution < 1.29 is 17.9 Å². The second kappa shape index (κ2) is 7.77. The third-order valence-electron chi connectivity index (χ3n) is 4.29. The maximum atomic E-state index is 12.7. The molecule has 1 aliphatic heterocycles. The molecule has 0 amide bonds. The summed E-state index contributed by atoms with van der Waals surface area (Å²) in [6.45, 7) is 5.82. The highest BCUT2D eigenvalue weighted by Crippen LogP contribution is 2.27. The van der Waals surface area contributed by atoms with E-state index < -0.39 is 10.0 Å². The van der Waals surface area contributed by atoms with Crippen molar-refractivity contribution in [2.45, 2.75) is 18.1 Å². The van der Waals surface area contributed by atoms with Crippen molar-refractivity contribution in [3.05, 3.63) is 46.8 Å². The maximum Gasteiger partial charge on any atom is 0.340 e. The number of hydrogen-bond acceptors (Lipinski definition) is 6. The van der Waals surface area contributed by atoms with Crippen LogP contribution < -0.4 is 4.90 Å². The van der Waals surface area contributed by atoms with Gasteiger partial charge in [-0.15, -0.1) is 11.3 Å². The molecule has 6 nitrogen and oxygen atoms in total. The number of aryl methyl sites for hydroxylation is 1. The molecule has 0 atom stereocenters. The fourth-order valence-corrected chi connectivity index (χ4v) is 5.84. The summed E-state index contributed by atoms with van der Waals surface area (Å²) in [5, 5.41) is 0. The molecule has 0 bridgehead atoms. The summed E-state index contributed by atoms with van der Waals surface area (Å²) >= 11 is 1.29. The first kappa shape index (κ1) is 18.9. The van der Waals surface area contributed by atoms with Gasteiger partial charge in [0, 0.05) is 31.1 Å². The fraction of sp³-hybridized carbons (Fsp3) is 0.389. The molecule has 0 aliphatic carbocycles. The summed E-state index contributed by atoms with van der Waals surface area (Å²) in [5.74, 6) is -0.354. The first-order valence-corrected chi connectivity index (χ1v) is 10.8. The average Bonchev–Trinajstić information content (AvgIpc) is 3.09. The molecule has 1 fully saturated rings.